The molecule has 0 aromatic heterocycles. The normalized spacial score (nSPS) is 13.8. The van der Waals surface area contributed by atoms with Crippen LogP contribution in [0.1, 0.15) is 6.92 Å². The van der Waals surface area contributed by atoms with Crippen LogP contribution in [0.15, 0.2) is 37.0 Å². The van der Waals surface area contributed by atoms with Crippen LogP contribution in [0.3, 0.4) is 0 Å². The summed E-state index contributed by atoms with van der Waals surface area (Å²) in [6.45, 7) is 5.22. The number of rotatable bonds is 3. The number of aliphatic hydroxyl groups excluding tert-OH is 2. The molecule has 2 heteroatoms. The van der Waals surface area contributed by atoms with Crippen molar-refractivity contribution in [3.63, 3.8) is 0 Å². The Morgan fingerprint density at radius 2 is 1.67 bits per heavy atom. The molecule has 0 radical (unpaired) electrons. The van der Waals surface area contributed by atoms with E-state index >= 15 is 0 Å². The van der Waals surface area contributed by atoms with Gasteiger partial charge in [-0.2, -0.15) is 0 Å². The average Bonchev–Trinajstić information content (AvgIpc) is 2.26. The van der Waals surface area contributed by atoms with Gasteiger partial charge >= 0.3 is 0 Å². The molecule has 0 aromatic carbocycles. The Morgan fingerprint density at radius 1 is 1.07 bits per heavy atom. The van der Waals surface area contributed by atoms with Crippen molar-refractivity contribution < 1.29 is 10.2 Å². The van der Waals surface area contributed by atoms with Crippen LogP contribution in [-0.2, 0) is 0 Å². The zero-order valence-corrected chi connectivity index (χ0v) is 8.64. The number of allylic oxidation sites excluding steroid dienone is 3. The lowest BCUT2D eigenvalue weighted by molar-refractivity contribution is 0.0811. The third kappa shape index (κ3) is 7.34. The Hall–Kier alpha value is -1.74. The molecule has 0 saturated heterocycles. The lowest BCUT2D eigenvalue weighted by Crippen LogP contribution is -2.20. The van der Waals surface area contributed by atoms with Crippen LogP contribution < -0.4 is 0 Å². The van der Waals surface area contributed by atoms with E-state index in [9.17, 15) is 5.11 Å². The first kappa shape index (κ1) is 13.3. The second-order valence-electron chi connectivity index (χ2n) is 2.61. The van der Waals surface area contributed by atoms with Crippen molar-refractivity contribution in [1.29, 1.82) is 0 Å². The molecular weight excluding hydrogens is 188 g/mol. The van der Waals surface area contributed by atoms with Gasteiger partial charge in [-0.1, -0.05) is 24.0 Å². The van der Waals surface area contributed by atoms with Crippen molar-refractivity contribution in [1.82, 2.24) is 0 Å². The predicted molar refractivity (Wildman–Crippen MR) is 61.7 cm³/mol. The summed E-state index contributed by atoms with van der Waals surface area (Å²) in [6.07, 6.45) is 5.66. The average molecular weight is 202 g/mol. The maximum absolute atomic E-state index is 9.24. The summed E-state index contributed by atoms with van der Waals surface area (Å²) >= 11 is 0. The van der Waals surface area contributed by atoms with Gasteiger partial charge in [0, 0.05) is 0 Å². The van der Waals surface area contributed by atoms with Gasteiger partial charge in [0.1, 0.15) is 12.2 Å². The van der Waals surface area contributed by atoms with Gasteiger partial charge in [-0.15, -0.1) is 6.58 Å². The summed E-state index contributed by atoms with van der Waals surface area (Å²) in [7, 11) is 0. The monoisotopic (exact) mass is 202 g/mol. The van der Waals surface area contributed by atoms with E-state index in [0.717, 1.165) is 0 Å². The Morgan fingerprint density at radius 3 is 2.20 bits per heavy atom. The Labute approximate surface area is 90.6 Å². The minimum Gasteiger partial charge on any atom is -0.386 e. The van der Waals surface area contributed by atoms with Gasteiger partial charge in [-0.3, -0.25) is 0 Å². The molecule has 0 rings (SSSR count). The van der Waals surface area contributed by atoms with Crippen molar-refractivity contribution in [3.05, 3.63) is 37.0 Å². The van der Waals surface area contributed by atoms with Crippen LogP contribution >= 0.6 is 0 Å². The molecule has 0 bridgehead atoms. The van der Waals surface area contributed by atoms with Crippen LogP contribution in [-0.4, -0.2) is 22.4 Å². The minimum atomic E-state index is -0.972. The number of hydrogen-bond acceptors (Lipinski definition) is 2. The van der Waals surface area contributed by atoms with E-state index in [1.165, 1.54) is 18.2 Å². The molecule has 15 heavy (non-hydrogen) atoms. The van der Waals surface area contributed by atoms with Crippen molar-refractivity contribution in [2.45, 2.75) is 19.1 Å². The van der Waals surface area contributed by atoms with Gasteiger partial charge < -0.3 is 10.2 Å². The summed E-state index contributed by atoms with van der Waals surface area (Å²) in [5.74, 6) is 10.5. The fourth-order valence-corrected chi connectivity index (χ4v) is 0.639. The van der Waals surface area contributed by atoms with E-state index in [0.29, 0.717) is 0 Å². The zero-order valence-electron chi connectivity index (χ0n) is 8.64. The highest BCUT2D eigenvalue weighted by atomic mass is 16.3. The van der Waals surface area contributed by atoms with E-state index in [1.807, 2.05) is 13.0 Å². The molecular formula is C13H14O2. The predicted octanol–water partition coefficient (Wildman–Crippen LogP) is 1.03. The lowest BCUT2D eigenvalue weighted by atomic mass is 10.2. The third-order valence-electron chi connectivity index (χ3n) is 1.42. The lowest BCUT2D eigenvalue weighted by Gasteiger charge is -2.07. The molecule has 2 nitrogen and oxygen atoms in total. The molecule has 78 valence electrons. The second-order valence-corrected chi connectivity index (χ2v) is 2.61. The van der Waals surface area contributed by atoms with Gasteiger partial charge in [0.05, 0.1) is 0 Å². The van der Waals surface area contributed by atoms with E-state index in [4.69, 9.17) is 5.11 Å². The molecule has 0 spiro atoms. The first-order valence-electron chi connectivity index (χ1n) is 4.50. The quantitative estimate of drug-likeness (QED) is 0.530. The minimum absolute atomic E-state index is 0.961. The van der Waals surface area contributed by atoms with E-state index < -0.39 is 12.2 Å². The highest BCUT2D eigenvalue weighted by molar-refractivity contribution is 5.34. The molecule has 0 aliphatic rings. The van der Waals surface area contributed by atoms with E-state index in [-0.39, 0.29) is 0 Å². The SMILES string of the molecule is C=CC(O)C(O)C=CC#CC#CC=CC. The topological polar surface area (TPSA) is 40.5 Å². The second kappa shape index (κ2) is 8.84. The molecule has 2 unspecified atom stereocenters. The van der Waals surface area contributed by atoms with Gasteiger partial charge in [0.2, 0.25) is 0 Å². The Bertz CT molecular complexity index is 355. The van der Waals surface area contributed by atoms with E-state index in [1.54, 1.807) is 6.08 Å². The molecule has 0 amide bonds. The Kier molecular flexibility index (Phi) is 7.82. The third-order valence-corrected chi connectivity index (χ3v) is 1.42. The smallest absolute Gasteiger partial charge is 0.102 e. The molecule has 0 aromatic rings. The summed E-state index contributed by atoms with van der Waals surface area (Å²) in [5, 5.41) is 18.3. The molecule has 0 saturated carbocycles. The molecule has 0 aliphatic heterocycles. The first-order valence-corrected chi connectivity index (χ1v) is 4.50. The van der Waals surface area contributed by atoms with Gasteiger partial charge in [-0.25, -0.2) is 0 Å². The van der Waals surface area contributed by atoms with Gasteiger partial charge in [0.25, 0.3) is 0 Å². The molecule has 2 atom stereocenters. The van der Waals surface area contributed by atoms with Crippen LogP contribution in [0, 0.1) is 23.7 Å². The summed E-state index contributed by atoms with van der Waals surface area (Å²) < 4.78 is 0. The molecule has 0 aliphatic carbocycles. The van der Waals surface area contributed by atoms with Crippen molar-refractivity contribution >= 4 is 0 Å². The first-order chi connectivity index (χ1) is 7.22. The number of hydrogen-bond donors (Lipinski definition) is 2. The fourth-order valence-electron chi connectivity index (χ4n) is 0.639. The summed E-state index contributed by atoms with van der Waals surface area (Å²) in [4.78, 5) is 0. The fraction of sp³-hybridized carbons (Fsp3) is 0.231. The van der Waals surface area contributed by atoms with Crippen LogP contribution in [0.4, 0.5) is 0 Å². The van der Waals surface area contributed by atoms with Crippen LogP contribution in [0.2, 0.25) is 0 Å². The maximum atomic E-state index is 9.24. The zero-order chi connectivity index (χ0) is 11.5. The maximum Gasteiger partial charge on any atom is 0.102 e. The number of aliphatic hydroxyl groups is 2. The van der Waals surface area contributed by atoms with Crippen molar-refractivity contribution in [2.75, 3.05) is 0 Å². The van der Waals surface area contributed by atoms with Gasteiger partial charge in [0.15, 0.2) is 0 Å². The summed E-state index contributed by atoms with van der Waals surface area (Å²) in [6, 6.07) is 0. The summed E-state index contributed by atoms with van der Waals surface area (Å²) in [5.41, 5.74) is 0. The standard InChI is InChI=1S/C13H14O2/c1-3-5-6-7-8-9-10-11-13(15)12(14)4-2/h3-5,10-15H,2H2,1H3. The van der Waals surface area contributed by atoms with Gasteiger partial charge in [-0.05, 0) is 37.0 Å². The van der Waals surface area contributed by atoms with Crippen LogP contribution in [0.5, 0.6) is 0 Å². The van der Waals surface area contributed by atoms with Crippen LogP contribution in [0.25, 0.3) is 0 Å². The van der Waals surface area contributed by atoms with E-state index in [2.05, 4.69) is 30.3 Å². The molecule has 0 fully saturated rings. The largest absolute Gasteiger partial charge is 0.386 e. The Balaban J connectivity index is 4.10. The van der Waals surface area contributed by atoms with Crippen molar-refractivity contribution in [2.24, 2.45) is 0 Å². The van der Waals surface area contributed by atoms with Crippen molar-refractivity contribution in [3.8, 4) is 23.7 Å². The highest BCUT2D eigenvalue weighted by Crippen LogP contribution is 1.95. The highest BCUT2D eigenvalue weighted by Gasteiger charge is 2.06. The molecule has 0 heterocycles. The molecule has 2 N–H and O–H groups in total.